The monoisotopic (exact) mass is 440 g/mol. The Morgan fingerprint density at radius 3 is 2.87 bits per heavy atom. The molecule has 0 spiro atoms. The van der Waals surface area contributed by atoms with Gasteiger partial charge in [-0.1, -0.05) is 29.8 Å². The third-order valence-corrected chi connectivity index (χ3v) is 5.34. The summed E-state index contributed by atoms with van der Waals surface area (Å²) in [4.78, 5) is 38.4. The summed E-state index contributed by atoms with van der Waals surface area (Å²) in [6, 6.07) is 11.0. The molecule has 31 heavy (non-hydrogen) atoms. The lowest BCUT2D eigenvalue weighted by molar-refractivity contribution is -0.128. The molecule has 9 nitrogen and oxygen atoms in total. The Balaban J connectivity index is 1.32. The van der Waals surface area contributed by atoms with E-state index in [4.69, 9.17) is 11.6 Å². The number of carbonyl (C=O) groups excluding carboxylic acids is 3. The standard InChI is InChI=1S/C21H21ClN6O3/c1-13(19-26-25-17-7-2-3-10-27(17)19)23-18(29)9-8-16-20(30)28(21(31)24-16)12-14-5-4-6-15(22)11-14/h2-7,10-11,13,16H,8-9,12H2,1H3,(H,23,29)(H,24,31)/t13-,16+/m1/s1. The smallest absolute Gasteiger partial charge is 0.325 e. The summed E-state index contributed by atoms with van der Waals surface area (Å²) in [5.41, 5.74) is 1.45. The van der Waals surface area contributed by atoms with E-state index in [0.717, 1.165) is 10.5 Å². The molecule has 1 fully saturated rings. The number of aromatic nitrogens is 3. The minimum Gasteiger partial charge on any atom is -0.346 e. The minimum atomic E-state index is -0.735. The average Bonchev–Trinajstić information content (AvgIpc) is 3.29. The van der Waals surface area contributed by atoms with Crippen LogP contribution in [0.5, 0.6) is 0 Å². The highest BCUT2D eigenvalue weighted by Gasteiger charge is 2.37. The Hall–Kier alpha value is -3.46. The van der Waals surface area contributed by atoms with Crippen molar-refractivity contribution in [2.75, 3.05) is 0 Å². The number of pyridine rings is 1. The van der Waals surface area contributed by atoms with E-state index in [9.17, 15) is 14.4 Å². The number of rotatable bonds is 7. The lowest BCUT2D eigenvalue weighted by atomic mass is 10.1. The normalized spacial score (nSPS) is 17.1. The number of fused-ring (bicyclic) bond motifs is 1. The Labute approximate surface area is 183 Å². The molecule has 1 saturated heterocycles. The maximum atomic E-state index is 12.6. The van der Waals surface area contributed by atoms with Gasteiger partial charge < -0.3 is 10.6 Å². The molecule has 0 radical (unpaired) electrons. The average molecular weight is 441 g/mol. The molecule has 2 N–H and O–H groups in total. The SMILES string of the molecule is C[C@@H](NC(=O)CC[C@@H]1NC(=O)N(Cc2cccc(Cl)c2)C1=O)c1nnc2ccccn12. The lowest BCUT2D eigenvalue weighted by Crippen LogP contribution is -2.33. The van der Waals surface area contributed by atoms with Crippen LogP contribution < -0.4 is 10.6 Å². The first-order chi connectivity index (χ1) is 14.9. The molecule has 0 bridgehead atoms. The quantitative estimate of drug-likeness (QED) is 0.548. The van der Waals surface area contributed by atoms with Crippen molar-refractivity contribution in [3.05, 3.63) is 65.1 Å². The highest BCUT2D eigenvalue weighted by atomic mass is 35.5. The predicted molar refractivity (Wildman–Crippen MR) is 113 cm³/mol. The second-order valence-electron chi connectivity index (χ2n) is 7.37. The molecule has 4 rings (SSSR count). The van der Waals surface area contributed by atoms with Crippen LogP contribution in [0.1, 0.15) is 37.2 Å². The van der Waals surface area contributed by atoms with E-state index >= 15 is 0 Å². The van der Waals surface area contributed by atoms with Crippen LogP contribution in [0.4, 0.5) is 4.79 Å². The molecule has 0 unspecified atom stereocenters. The van der Waals surface area contributed by atoms with Crippen LogP contribution >= 0.6 is 11.6 Å². The number of amides is 4. The summed E-state index contributed by atoms with van der Waals surface area (Å²) in [5.74, 6) is 0.0201. The van der Waals surface area contributed by atoms with Crippen molar-refractivity contribution in [3.8, 4) is 0 Å². The third-order valence-electron chi connectivity index (χ3n) is 5.10. The van der Waals surface area contributed by atoms with Crippen LogP contribution in [-0.2, 0) is 16.1 Å². The van der Waals surface area contributed by atoms with Gasteiger partial charge in [0.05, 0.1) is 12.6 Å². The lowest BCUT2D eigenvalue weighted by Gasteiger charge is -2.14. The van der Waals surface area contributed by atoms with Gasteiger partial charge in [-0.05, 0) is 43.2 Å². The molecule has 3 heterocycles. The largest absolute Gasteiger partial charge is 0.346 e. The van der Waals surface area contributed by atoms with Crippen LogP contribution in [0, 0.1) is 0 Å². The van der Waals surface area contributed by atoms with Crippen LogP contribution in [0.3, 0.4) is 0 Å². The van der Waals surface area contributed by atoms with Crippen molar-refractivity contribution in [1.29, 1.82) is 0 Å². The fourth-order valence-corrected chi connectivity index (χ4v) is 3.76. The number of benzene rings is 1. The zero-order chi connectivity index (χ0) is 22.0. The van der Waals surface area contributed by atoms with Gasteiger partial charge in [0.15, 0.2) is 11.5 Å². The van der Waals surface area contributed by atoms with E-state index in [0.29, 0.717) is 16.5 Å². The molecule has 3 aromatic rings. The van der Waals surface area contributed by atoms with Crippen molar-refractivity contribution < 1.29 is 14.4 Å². The summed E-state index contributed by atoms with van der Waals surface area (Å²) in [6.45, 7) is 1.95. The number of nitrogens with one attached hydrogen (secondary N) is 2. The van der Waals surface area contributed by atoms with Gasteiger partial charge in [-0.25, -0.2) is 4.79 Å². The Morgan fingerprint density at radius 1 is 1.23 bits per heavy atom. The maximum Gasteiger partial charge on any atom is 0.325 e. The molecule has 160 valence electrons. The molecular formula is C21H21ClN6O3. The summed E-state index contributed by atoms with van der Waals surface area (Å²) in [6.07, 6.45) is 2.12. The number of hydrogen-bond acceptors (Lipinski definition) is 5. The van der Waals surface area contributed by atoms with E-state index in [1.54, 1.807) is 28.7 Å². The Kier molecular flexibility index (Phi) is 5.85. The molecule has 4 amide bonds. The van der Waals surface area contributed by atoms with Crippen molar-refractivity contribution in [3.63, 3.8) is 0 Å². The van der Waals surface area contributed by atoms with E-state index in [1.807, 2.05) is 31.3 Å². The molecule has 10 heteroatoms. The highest BCUT2D eigenvalue weighted by Crippen LogP contribution is 2.18. The first-order valence-corrected chi connectivity index (χ1v) is 10.3. The maximum absolute atomic E-state index is 12.6. The van der Waals surface area contributed by atoms with Crippen LogP contribution in [0.15, 0.2) is 48.7 Å². The molecule has 1 aromatic carbocycles. The number of imide groups is 1. The Morgan fingerprint density at radius 2 is 2.06 bits per heavy atom. The summed E-state index contributed by atoms with van der Waals surface area (Å²) < 4.78 is 1.80. The van der Waals surface area contributed by atoms with Gasteiger partial charge in [0, 0.05) is 17.6 Å². The van der Waals surface area contributed by atoms with E-state index in [2.05, 4.69) is 20.8 Å². The van der Waals surface area contributed by atoms with Crippen molar-refractivity contribution in [1.82, 2.24) is 30.1 Å². The van der Waals surface area contributed by atoms with Crippen LogP contribution in [0.2, 0.25) is 5.02 Å². The number of urea groups is 1. The zero-order valence-corrected chi connectivity index (χ0v) is 17.5. The predicted octanol–water partition coefficient (Wildman–Crippen LogP) is 2.46. The topological polar surface area (TPSA) is 109 Å². The molecule has 1 aliphatic heterocycles. The van der Waals surface area contributed by atoms with Crippen molar-refractivity contribution in [2.24, 2.45) is 0 Å². The molecular weight excluding hydrogens is 420 g/mol. The summed E-state index contributed by atoms with van der Waals surface area (Å²) in [5, 5.41) is 14.3. The van der Waals surface area contributed by atoms with Gasteiger partial charge in [0.25, 0.3) is 5.91 Å². The minimum absolute atomic E-state index is 0.0861. The van der Waals surface area contributed by atoms with Gasteiger partial charge in [0.2, 0.25) is 5.91 Å². The number of carbonyl (C=O) groups is 3. The van der Waals surface area contributed by atoms with Gasteiger partial charge in [-0.3, -0.25) is 18.9 Å². The number of hydrogen-bond donors (Lipinski definition) is 2. The first-order valence-electron chi connectivity index (χ1n) is 9.87. The first kappa shape index (κ1) is 20.8. The molecule has 0 aliphatic carbocycles. The second-order valence-corrected chi connectivity index (χ2v) is 7.81. The number of nitrogens with zero attached hydrogens (tertiary/aromatic N) is 4. The fraction of sp³-hybridized carbons (Fsp3) is 0.286. The van der Waals surface area contributed by atoms with Crippen molar-refractivity contribution >= 4 is 35.1 Å². The Bertz CT molecular complexity index is 1150. The number of halogens is 1. The van der Waals surface area contributed by atoms with E-state index < -0.39 is 12.1 Å². The van der Waals surface area contributed by atoms with Crippen LogP contribution in [0.25, 0.3) is 5.65 Å². The molecule has 2 atom stereocenters. The molecule has 2 aromatic heterocycles. The third kappa shape index (κ3) is 4.51. The molecule has 0 saturated carbocycles. The van der Waals surface area contributed by atoms with E-state index in [1.165, 1.54) is 0 Å². The fourth-order valence-electron chi connectivity index (χ4n) is 3.55. The van der Waals surface area contributed by atoms with Gasteiger partial charge >= 0.3 is 6.03 Å². The van der Waals surface area contributed by atoms with Crippen molar-refractivity contribution in [2.45, 2.75) is 38.4 Å². The second kappa shape index (κ2) is 8.73. The summed E-state index contributed by atoms with van der Waals surface area (Å²) in [7, 11) is 0. The van der Waals surface area contributed by atoms with E-state index in [-0.39, 0.29) is 37.2 Å². The zero-order valence-electron chi connectivity index (χ0n) is 16.8. The van der Waals surface area contributed by atoms with Gasteiger partial charge in [-0.15, -0.1) is 10.2 Å². The van der Waals surface area contributed by atoms with Gasteiger partial charge in [-0.2, -0.15) is 0 Å². The molecule has 1 aliphatic rings. The van der Waals surface area contributed by atoms with Crippen LogP contribution in [-0.4, -0.2) is 43.4 Å². The highest BCUT2D eigenvalue weighted by molar-refractivity contribution is 6.30. The summed E-state index contributed by atoms with van der Waals surface area (Å²) >= 11 is 5.97. The van der Waals surface area contributed by atoms with Gasteiger partial charge in [0.1, 0.15) is 6.04 Å².